The Morgan fingerprint density at radius 1 is 1.09 bits per heavy atom. The first-order chi connectivity index (χ1) is 15.5. The molecular formula is C23H29BN6OS. The Labute approximate surface area is 196 Å². The van der Waals surface area contributed by atoms with Crippen molar-refractivity contribution in [2.75, 3.05) is 49.7 Å². The summed E-state index contributed by atoms with van der Waals surface area (Å²) < 4.78 is 5.97. The smallest absolute Gasteiger partial charge is 0.229 e. The van der Waals surface area contributed by atoms with Crippen molar-refractivity contribution in [3.8, 4) is 5.75 Å². The van der Waals surface area contributed by atoms with Crippen LogP contribution in [0.25, 0.3) is 0 Å². The molecule has 1 aromatic heterocycles. The summed E-state index contributed by atoms with van der Waals surface area (Å²) in [7, 11) is 10.2. The van der Waals surface area contributed by atoms with Crippen molar-refractivity contribution in [3.63, 3.8) is 0 Å². The lowest BCUT2D eigenvalue weighted by Crippen LogP contribution is -2.20. The number of aromatic nitrogens is 2. The molecule has 0 spiro atoms. The Morgan fingerprint density at radius 2 is 1.91 bits per heavy atom. The zero-order chi connectivity index (χ0) is 22.9. The molecule has 2 aromatic carbocycles. The van der Waals surface area contributed by atoms with Crippen LogP contribution >= 0.6 is 12.6 Å². The van der Waals surface area contributed by atoms with Crippen molar-refractivity contribution in [2.45, 2.75) is 18.2 Å². The summed E-state index contributed by atoms with van der Waals surface area (Å²) >= 11 is 4.47. The second-order valence-electron chi connectivity index (χ2n) is 7.55. The van der Waals surface area contributed by atoms with Gasteiger partial charge in [0.05, 0.1) is 18.0 Å². The summed E-state index contributed by atoms with van der Waals surface area (Å²) in [5, 5.41) is 9.89. The molecule has 166 valence electrons. The first kappa shape index (κ1) is 23.8. The molecule has 3 N–H and O–H groups in total. The molecule has 0 aliphatic heterocycles. The monoisotopic (exact) mass is 448 g/mol. The Hall–Kier alpha value is -2.91. The third-order valence-electron chi connectivity index (χ3n) is 4.55. The lowest BCUT2D eigenvalue weighted by Gasteiger charge is -2.16. The largest absolute Gasteiger partial charge is 0.491 e. The molecule has 0 saturated heterocycles. The van der Waals surface area contributed by atoms with E-state index in [9.17, 15) is 0 Å². The van der Waals surface area contributed by atoms with E-state index in [2.05, 4.69) is 64.5 Å². The van der Waals surface area contributed by atoms with Crippen molar-refractivity contribution < 1.29 is 4.74 Å². The van der Waals surface area contributed by atoms with Gasteiger partial charge >= 0.3 is 0 Å². The van der Waals surface area contributed by atoms with Gasteiger partial charge in [-0.3, -0.25) is 0 Å². The van der Waals surface area contributed by atoms with Crippen molar-refractivity contribution in [1.82, 2.24) is 14.9 Å². The van der Waals surface area contributed by atoms with Gasteiger partial charge in [-0.2, -0.15) is 4.98 Å². The standard InChI is InChI=1S/C23H29BN6OS/c1-4-13-31-20-14-16(25-11-12-30(2)3)9-10-18(20)28-23-26-15-17(24)22(29-23)27-19-7-5-6-8-21(19)32/h5-10,14-15,25,32H,4,11-13H2,1-3H3,(H2,26,27,28,29). The normalized spacial score (nSPS) is 10.8. The average molecular weight is 448 g/mol. The van der Waals surface area contributed by atoms with Gasteiger partial charge < -0.3 is 25.6 Å². The topological polar surface area (TPSA) is 74.3 Å². The van der Waals surface area contributed by atoms with E-state index in [1.807, 2.05) is 42.5 Å². The van der Waals surface area contributed by atoms with Gasteiger partial charge in [0.15, 0.2) is 0 Å². The van der Waals surface area contributed by atoms with E-state index < -0.39 is 0 Å². The van der Waals surface area contributed by atoms with Gasteiger partial charge in [-0.1, -0.05) is 19.1 Å². The quantitative estimate of drug-likeness (QED) is 0.263. The number of benzene rings is 2. The van der Waals surface area contributed by atoms with Gasteiger partial charge in [-0.15, -0.1) is 12.6 Å². The summed E-state index contributed by atoms with van der Waals surface area (Å²) in [6.45, 7) is 4.47. The highest BCUT2D eigenvalue weighted by Crippen LogP contribution is 2.30. The lowest BCUT2D eigenvalue weighted by molar-refractivity contribution is 0.319. The Balaban J connectivity index is 1.79. The molecule has 1 heterocycles. The maximum absolute atomic E-state index is 6.09. The van der Waals surface area contributed by atoms with Gasteiger partial charge in [0.1, 0.15) is 19.4 Å². The van der Waals surface area contributed by atoms with E-state index >= 15 is 0 Å². The number of likely N-dealkylation sites (N-methyl/N-ethyl adjacent to an activating group) is 1. The van der Waals surface area contributed by atoms with Crippen LogP contribution in [0, 0.1) is 0 Å². The average Bonchev–Trinajstić information content (AvgIpc) is 2.77. The highest BCUT2D eigenvalue weighted by molar-refractivity contribution is 7.80. The molecule has 0 fully saturated rings. The van der Waals surface area contributed by atoms with Gasteiger partial charge in [-0.05, 0) is 50.2 Å². The second kappa shape index (κ2) is 11.6. The third-order valence-corrected chi connectivity index (χ3v) is 4.94. The van der Waals surface area contributed by atoms with E-state index in [4.69, 9.17) is 12.6 Å². The van der Waals surface area contributed by atoms with Crippen molar-refractivity contribution in [1.29, 1.82) is 0 Å². The number of nitrogens with one attached hydrogen (secondary N) is 3. The van der Waals surface area contributed by atoms with E-state index in [0.717, 1.165) is 47.2 Å². The summed E-state index contributed by atoms with van der Waals surface area (Å²) in [4.78, 5) is 11.8. The van der Waals surface area contributed by atoms with Crippen LogP contribution in [0.3, 0.4) is 0 Å². The molecule has 7 nitrogen and oxygen atoms in total. The molecule has 0 saturated carbocycles. The fraction of sp³-hybridized carbons (Fsp3) is 0.304. The third kappa shape index (κ3) is 6.80. The lowest BCUT2D eigenvalue weighted by atomic mass is 9.99. The molecule has 0 amide bonds. The van der Waals surface area contributed by atoms with E-state index in [-0.39, 0.29) is 0 Å². The Kier molecular flexibility index (Phi) is 8.64. The van der Waals surface area contributed by atoms with Crippen LogP contribution in [0.2, 0.25) is 0 Å². The van der Waals surface area contributed by atoms with Crippen molar-refractivity contribution in [2.24, 2.45) is 0 Å². The molecule has 0 atom stereocenters. The van der Waals surface area contributed by atoms with Crippen LogP contribution in [0.1, 0.15) is 13.3 Å². The number of rotatable bonds is 11. The SMILES string of the molecule is [B]c1cnc(Nc2ccc(NCCN(C)C)cc2OCCC)nc1Nc1ccccc1S. The molecule has 9 heteroatoms. The van der Waals surface area contributed by atoms with Crippen LogP contribution in [-0.2, 0) is 0 Å². The van der Waals surface area contributed by atoms with Crippen LogP contribution in [-0.4, -0.2) is 56.5 Å². The van der Waals surface area contributed by atoms with Crippen molar-refractivity contribution >= 4 is 54.8 Å². The number of hydrogen-bond donors (Lipinski definition) is 4. The van der Waals surface area contributed by atoms with E-state index in [1.54, 1.807) is 6.20 Å². The molecular weight excluding hydrogens is 419 g/mol. The predicted octanol–water partition coefficient (Wildman–Crippen LogP) is 3.81. The highest BCUT2D eigenvalue weighted by atomic mass is 32.1. The van der Waals surface area contributed by atoms with Gasteiger partial charge in [0, 0.05) is 35.9 Å². The number of anilines is 5. The zero-order valence-corrected chi connectivity index (χ0v) is 19.6. The molecule has 0 aliphatic rings. The molecule has 0 aliphatic carbocycles. The summed E-state index contributed by atoms with van der Waals surface area (Å²) in [6, 6.07) is 13.6. The van der Waals surface area contributed by atoms with Gasteiger partial charge in [-0.25, -0.2) is 4.98 Å². The van der Waals surface area contributed by atoms with Crippen molar-refractivity contribution in [3.05, 3.63) is 48.7 Å². The highest BCUT2D eigenvalue weighted by Gasteiger charge is 2.10. The fourth-order valence-corrected chi connectivity index (χ4v) is 3.09. The Bertz CT molecular complexity index is 1030. The second-order valence-corrected chi connectivity index (χ2v) is 8.04. The predicted molar refractivity (Wildman–Crippen MR) is 137 cm³/mol. The molecule has 32 heavy (non-hydrogen) atoms. The van der Waals surface area contributed by atoms with Crippen LogP contribution < -0.4 is 26.2 Å². The minimum absolute atomic E-state index is 0.410. The number of ether oxygens (including phenoxy) is 1. The Morgan fingerprint density at radius 3 is 2.66 bits per heavy atom. The van der Waals surface area contributed by atoms with Crippen LogP contribution in [0.4, 0.5) is 28.8 Å². The molecule has 3 rings (SSSR count). The number of nitrogens with zero attached hydrogens (tertiary/aromatic N) is 3. The number of hydrogen-bond acceptors (Lipinski definition) is 8. The summed E-state index contributed by atoms with van der Waals surface area (Å²) in [5.41, 5.74) is 3.03. The van der Waals surface area contributed by atoms with E-state index in [0.29, 0.717) is 23.8 Å². The van der Waals surface area contributed by atoms with Gasteiger partial charge in [0.25, 0.3) is 0 Å². The number of para-hydroxylation sites is 1. The minimum Gasteiger partial charge on any atom is -0.491 e. The number of thiol groups is 1. The molecule has 0 unspecified atom stereocenters. The maximum Gasteiger partial charge on any atom is 0.229 e. The fourth-order valence-electron chi connectivity index (χ4n) is 2.87. The zero-order valence-electron chi connectivity index (χ0n) is 18.7. The van der Waals surface area contributed by atoms with E-state index in [1.165, 1.54) is 0 Å². The summed E-state index contributed by atoms with van der Waals surface area (Å²) in [5.74, 6) is 1.65. The first-order valence-corrected chi connectivity index (χ1v) is 11.0. The first-order valence-electron chi connectivity index (χ1n) is 10.6. The van der Waals surface area contributed by atoms with Crippen LogP contribution in [0.5, 0.6) is 5.75 Å². The molecule has 2 radical (unpaired) electrons. The molecule has 3 aromatic rings. The maximum atomic E-state index is 6.09. The van der Waals surface area contributed by atoms with Crippen LogP contribution in [0.15, 0.2) is 53.6 Å². The molecule has 0 bridgehead atoms. The minimum atomic E-state index is 0.410. The van der Waals surface area contributed by atoms with Gasteiger partial charge in [0.2, 0.25) is 5.95 Å². The summed E-state index contributed by atoms with van der Waals surface area (Å²) in [6.07, 6.45) is 2.48.